The molecule has 124 valence electrons. The number of aliphatic imine (C=N–C) groups is 2. The summed E-state index contributed by atoms with van der Waals surface area (Å²) in [4.78, 5) is 9.59. The number of ether oxygens (including phenoxy) is 2. The van der Waals surface area contributed by atoms with Crippen LogP contribution in [0.4, 0.5) is 0 Å². The fourth-order valence-electron chi connectivity index (χ4n) is 3.35. The van der Waals surface area contributed by atoms with Crippen LogP contribution < -0.4 is 0 Å². The lowest BCUT2D eigenvalue weighted by Crippen LogP contribution is -2.39. The summed E-state index contributed by atoms with van der Waals surface area (Å²) in [6, 6.07) is 10.9. The molecule has 0 bridgehead atoms. The van der Waals surface area contributed by atoms with E-state index in [4.69, 9.17) is 14.5 Å². The molecule has 3 rings (SSSR count). The second kappa shape index (κ2) is 6.73. The van der Waals surface area contributed by atoms with Crippen LogP contribution in [-0.4, -0.2) is 37.1 Å². The maximum Gasteiger partial charge on any atom is 0.199 e. The lowest BCUT2D eigenvalue weighted by atomic mass is 9.81. The van der Waals surface area contributed by atoms with Crippen LogP contribution in [0.25, 0.3) is 0 Å². The molecule has 2 heterocycles. The van der Waals surface area contributed by atoms with Crippen LogP contribution in [0.2, 0.25) is 0 Å². The smallest absolute Gasteiger partial charge is 0.199 e. The molecule has 1 aromatic carbocycles. The van der Waals surface area contributed by atoms with E-state index in [2.05, 4.69) is 50.0 Å². The van der Waals surface area contributed by atoms with E-state index in [1.165, 1.54) is 5.56 Å². The summed E-state index contributed by atoms with van der Waals surface area (Å²) in [5.41, 5.74) is 1.00. The van der Waals surface area contributed by atoms with Gasteiger partial charge in [-0.2, -0.15) is 0 Å². The highest BCUT2D eigenvalue weighted by Gasteiger charge is 2.45. The molecule has 4 heteroatoms. The molecule has 0 N–H and O–H groups in total. The molecule has 0 aromatic heterocycles. The number of hydrogen-bond acceptors (Lipinski definition) is 4. The fourth-order valence-corrected chi connectivity index (χ4v) is 3.35. The van der Waals surface area contributed by atoms with Crippen molar-refractivity contribution >= 4 is 11.8 Å². The van der Waals surface area contributed by atoms with Crippen LogP contribution in [0.3, 0.4) is 0 Å². The molecule has 2 aliphatic rings. The summed E-state index contributed by atoms with van der Waals surface area (Å²) in [7, 11) is 0. The van der Waals surface area contributed by atoms with E-state index in [0.717, 1.165) is 31.1 Å². The van der Waals surface area contributed by atoms with Gasteiger partial charge >= 0.3 is 0 Å². The van der Waals surface area contributed by atoms with E-state index in [-0.39, 0.29) is 17.5 Å². The molecule has 0 radical (unpaired) electrons. The quantitative estimate of drug-likeness (QED) is 0.804. The third-order valence-corrected chi connectivity index (χ3v) is 4.85. The normalized spacial score (nSPS) is 24.0. The van der Waals surface area contributed by atoms with E-state index in [1.54, 1.807) is 0 Å². The second-order valence-electron chi connectivity index (χ2n) is 6.47. The van der Waals surface area contributed by atoms with Crippen molar-refractivity contribution in [2.75, 3.05) is 13.2 Å². The van der Waals surface area contributed by atoms with E-state index < -0.39 is 0 Å². The van der Waals surface area contributed by atoms with Gasteiger partial charge in [-0.3, -0.25) is 0 Å². The van der Waals surface area contributed by atoms with Crippen molar-refractivity contribution in [3.8, 4) is 0 Å². The predicted octanol–water partition coefficient (Wildman–Crippen LogP) is 3.65. The molecule has 2 aliphatic heterocycles. The molecule has 0 amide bonds. The van der Waals surface area contributed by atoms with Gasteiger partial charge in [-0.1, -0.05) is 44.2 Å². The van der Waals surface area contributed by atoms with Gasteiger partial charge in [-0.15, -0.1) is 0 Å². The third-order valence-electron chi connectivity index (χ3n) is 4.85. The summed E-state index contributed by atoms with van der Waals surface area (Å²) < 4.78 is 11.9. The van der Waals surface area contributed by atoms with Gasteiger partial charge in [0.25, 0.3) is 0 Å². The van der Waals surface area contributed by atoms with Crippen molar-refractivity contribution in [3.63, 3.8) is 0 Å². The average Bonchev–Trinajstić information content (AvgIpc) is 3.21. The van der Waals surface area contributed by atoms with Crippen LogP contribution in [0.5, 0.6) is 0 Å². The molecular weight excluding hydrogens is 288 g/mol. The van der Waals surface area contributed by atoms with Gasteiger partial charge in [0.05, 0.1) is 12.1 Å². The van der Waals surface area contributed by atoms with Crippen LogP contribution in [0.15, 0.2) is 40.3 Å². The third kappa shape index (κ3) is 3.12. The van der Waals surface area contributed by atoms with Crippen molar-refractivity contribution in [3.05, 3.63) is 35.9 Å². The highest BCUT2D eigenvalue weighted by molar-refractivity contribution is 6.06. The van der Waals surface area contributed by atoms with Crippen molar-refractivity contribution in [2.24, 2.45) is 15.4 Å². The Morgan fingerprint density at radius 2 is 1.65 bits per heavy atom. The van der Waals surface area contributed by atoms with E-state index in [9.17, 15) is 0 Å². The number of rotatable bonds is 6. The van der Waals surface area contributed by atoms with Crippen molar-refractivity contribution in [1.29, 1.82) is 0 Å². The number of benzene rings is 1. The SMILES string of the molecule is CCC(CC)(C1=N[C@@H](Cc2ccccc2)CO1)C1=N[C@@H](C)CO1. The summed E-state index contributed by atoms with van der Waals surface area (Å²) in [6.45, 7) is 7.72. The molecular formula is C19H26N2O2. The van der Waals surface area contributed by atoms with Crippen LogP contribution in [-0.2, 0) is 15.9 Å². The highest BCUT2D eigenvalue weighted by Crippen LogP contribution is 2.36. The summed E-state index contributed by atoms with van der Waals surface area (Å²) in [6.07, 6.45) is 2.70. The van der Waals surface area contributed by atoms with E-state index in [1.807, 2.05) is 6.07 Å². The molecule has 23 heavy (non-hydrogen) atoms. The van der Waals surface area contributed by atoms with Gasteiger partial charge < -0.3 is 9.47 Å². The minimum Gasteiger partial charge on any atom is -0.478 e. The fraction of sp³-hybridized carbons (Fsp3) is 0.579. The Labute approximate surface area is 138 Å². The van der Waals surface area contributed by atoms with E-state index >= 15 is 0 Å². The lowest BCUT2D eigenvalue weighted by molar-refractivity contribution is 0.245. The second-order valence-corrected chi connectivity index (χ2v) is 6.47. The van der Waals surface area contributed by atoms with Crippen molar-refractivity contribution in [2.45, 2.75) is 52.1 Å². The van der Waals surface area contributed by atoms with Crippen LogP contribution >= 0.6 is 0 Å². The van der Waals surface area contributed by atoms with Gasteiger partial charge in [-0.05, 0) is 31.7 Å². The summed E-state index contributed by atoms with van der Waals surface area (Å²) >= 11 is 0. The Balaban J connectivity index is 1.81. The molecule has 0 saturated heterocycles. The Bertz CT molecular complexity index is 591. The number of hydrogen-bond donors (Lipinski definition) is 0. The van der Waals surface area contributed by atoms with Gasteiger partial charge in [0.15, 0.2) is 11.8 Å². The zero-order valence-corrected chi connectivity index (χ0v) is 14.3. The van der Waals surface area contributed by atoms with Gasteiger partial charge in [0, 0.05) is 0 Å². The summed E-state index contributed by atoms with van der Waals surface area (Å²) in [5.74, 6) is 1.63. The minimum absolute atomic E-state index is 0.185. The molecule has 1 aromatic rings. The van der Waals surface area contributed by atoms with Crippen molar-refractivity contribution in [1.82, 2.24) is 0 Å². The molecule has 0 aliphatic carbocycles. The zero-order chi connectivity index (χ0) is 16.3. The Hall–Kier alpha value is -1.84. The highest BCUT2D eigenvalue weighted by atomic mass is 16.5. The maximum atomic E-state index is 6.02. The van der Waals surface area contributed by atoms with Crippen molar-refractivity contribution < 1.29 is 9.47 Å². The molecule has 0 spiro atoms. The zero-order valence-electron chi connectivity index (χ0n) is 14.3. The molecule has 4 nitrogen and oxygen atoms in total. The Morgan fingerprint density at radius 3 is 2.26 bits per heavy atom. The molecule has 0 unspecified atom stereocenters. The molecule has 0 fully saturated rings. The lowest BCUT2D eigenvalue weighted by Gasteiger charge is -2.29. The first-order valence-corrected chi connectivity index (χ1v) is 8.64. The van der Waals surface area contributed by atoms with Gasteiger partial charge in [0.1, 0.15) is 18.6 Å². The van der Waals surface area contributed by atoms with E-state index in [0.29, 0.717) is 13.2 Å². The number of nitrogens with zero attached hydrogens (tertiary/aromatic N) is 2. The van der Waals surface area contributed by atoms with Crippen LogP contribution in [0.1, 0.15) is 39.2 Å². The monoisotopic (exact) mass is 314 g/mol. The van der Waals surface area contributed by atoms with Crippen LogP contribution in [0, 0.1) is 5.41 Å². The maximum absolute atomic E-state index is 6.02. The summed E-state index contributed by atoms with van der Waals surface area (Å²) in [5, 5.41) is 0. The largest absolute Gasteiger partial charge is 0.478 e. The average molecular weight is 314 g/mol. The topological polar surface area (TPSA) is 43.2 Å². The molecule has 0 saturated carbocycles. The minimum atomic E-state index is -0.295. The van der Waals surface area contributed by atoms with Gasteiger partial charge in [0.2, 0.25) is 0 Å². The molecule has 2 atom stereocenters. The predicted molar refractivity (Wildman–Crippen MR) is 93.2 cm³/mol. The Kier molecular flexibility index (Phi) is 4.69. The first-order valence-electron chi connectivity index (χ1n) is 8.64. The first-order chi connectivity index (χ1) is 11.2. The standard InChI is InChI=1S/C19H26N2O2/c1-4-19(5-2,17-20-14(3)12-22-17)18-21-16(13-23-18)11-15-9-7-6-8-10-15/h6-10,14,16H,4-5,11-13H2,1-3H3/t14-,16-/m0/s1. The Morgan fingerprint density at radius 1 is 1.00 bits per heavy atom. The first kappa shape index (κ1) is 16.0. The van der Waals surface area contributed by atoms with Gasteiger partial charge in [-0.25, -0.2) is 9.98 Å².